The number of alkyl halides is 2. The molecule has 1 aliphatic heterocycles. The van der Waals surface area contributed by atoms with Gasteiger partial charge in [0.25, 0.3) is 0 Å². The maximum absolute atomic E-state index is 14.9. The quantitative estimate of drug-likeness (QED) is 0.445. The fourth-order valence-corrected chi connectivity index (χ4v) is 7.09. The van der Waals surface area contributed by atoms with Crippen LogP contribution in [0.5, 0.6) is 0 Å². The summed E-state index contributed by atoms with van der Waals surface area (Å²) < 4.78 is 68.7. The van der Waals surface area contributed by atoms with E-state index in [0.717, 1.165) is 5.69 Å². The van der Waals surface area contributed by atoms with Crippen LogP contribution >= 0.6 is 0 Å². The van der Waals surface area contributed by atoms with Crippen molar-refractivity contribution in [2.24, 2.45) is 5.92 Å². The molecule has 2 atom stereocenters. The molecule has 1 saturated heterocycles. The number of hydrogen-bond acceptors (Lipinski definition) is 6. The van der Waals surface area contributed by atoms with Gasteiger partial charge in [0.1, 0.15) is 11.4 Å². The van der Waals surface area contributed by atoms with E-state index in [4.69, 9.17) is 5.10 Å². The number of nitrogens with one attached hydrogen (secondary N) is 1. The first kappa shape index (κ1) is 28.3. The molecule has 0 spiro atoms. The SMILES string of the molecule is N#CC1(NC(=O)[C@@H]2CCC(F)(F)C[C@H]2c2nn(-c3ccc(F)cc3)cc2-c2ccc(N3CCS(=O)(=O)CC3)cc2)CC1. The number of sulfone groups is 1. The molecule has 6 rings (SSSR count). The van der Waals surface area contributed by atoms with Crippen LogP contribution in [0.4, 0.5) is 18.9 Å². The van der Waals surface area contributed by atoms with Crippen molar-refractivity contribution in [2.75, 3.05) is 29.5 Å². The van der Waals surface area contributed by atoms with Crippen molar-refractivity contribution in [2.45, 2.75) is 49.5 Å². The normalized spacial score (nSPS) is 24.0. The molecule has 2 aliphatic carbocycles. The van der Waals surface area contributed by atoms with Crippen molar-refractivity contribution in [3.63, 3.8) is 0 Å². The second kappa shape index (κ2) is 10.5. The number of rotatable bonds is 6. The van der Waals surface area contributed by atoms with Crippen LogP contribution in [0, 0.1) is 23.1 Å². The second-order valence-electron chi connectivity index (χ2n) is 11.5. The maximum Gasteiger partial charge on any atom is 0.248 e. The molecule has 8 nitrogen and oxygen atoms in total. The third-order valence-corrected chi connectivity index (χ3v) is 10.2. The Bertz CT molecular complexity index is 1630. The average molecular weight is 598 g/mol. The monoisotopic (exact) mass is 597 g/mol. The number of benzene rings is 2. The number of aromatic nitrogens is 2. The number of nitrogens with zero attached hydrogens (tertiary/aromatic N) is 4. The fraction of sp³-hybridized carbons (Fsp3) is 0.433. The van der Waals surface area contributed by atoms with Crippen molar-refractivity contribution in [1.29, 1.82) is 5.26 Å². The molecular weight excluding hydrogens is 567 g/mol. The van der Waals surface area contributed by atoms with E-state index in [2.05, 4.69) is 11.4 Å². The number of carbonyl (C=O) groups excluding carboxylic acids is 1. The summed E-state index contributed by atoms with van der Waals surface area (Å²) in [5.74, 6) is -5.42. The number of carbonyl (C=O) groups is 1. The van der Waals surface area contributed by atoms with E-state index in [9.17, 15) is 31.6 Å². The summed E-state index contributed by atoms with van der Waals surface area (Å²) in [7, 11) is -3.04. The van der Waals surface area contributed by atoms with Gasteiger partial charge in [-0.05, 0) is 61.2 Å². The molecule has 3 aromatic rings. The highest BCUT2D eigenvalue weighted by molar-refractivity contribution is 7.91. The zero-order valence-electron chi connectivity index (χ0n) is 22.8. The van der Waals surface area contributed by atoms with Gasteiger partial charge in [0.15, 0.2) is 9.84 Å². The molecular formula is C30H30F3N5O3S. The van der Waals surface area contributed by atoms with Crippen LogP contribution in [-0.2, 0) is 14.6 Å². The predicted octanol–water partition coefficient (Wildman–Crippen LogP) is 4.60. The molecule has 3 aliphatic rings. The van der Waals surface area contributed by atoms with E-state index in [1.165, 1.54) is 28.9 Å². The molecule has 0 unspecified atom stereocenters. The lowest BCUT2D eigenvalue weighted by Crippen LogP contribution is -2.45. The molecule has 1 amide bonds. The largest absolute Gasteiger partial charge is 0.369 e. The number of anilines is 1. The van der Waals surface area contributed by atoms with E-state index < -0.39 is 57.7 Å². The van der Waals surface area contributed by atoms with Crippen LogP contribution in [0.25, 0.3) is 16.8 Å². The smallest absolute Gasteiger partial charge is 0.248 e. The lowest BCUT2D eigenvalue weighted by molar-refractivity contribution is -0.131. The summed E-state index contributed by atoms with van der Waals surface area (Å²) in [5.41, 5.74) is 2.03. The van der Waals surface area contributed by atoms with Crippen molar-refractivity contribution in [3.8, 4) is 22.9 Å². The van der Waals surface area contributed by atoms with Crippen molar-refractivity contribution >= 4 is 21.4 Å². The third-order valence-electron chi connectivity index (χ3n) is 8.56. The fourth-order valence-electron chi connectivity index (χ4n) is 5.89. The van der Waals surface area contributed by atoms with Crippen LogP contribution in [0.1, 0.15) is 43.7 Å². The van der Waals surface area contributed by atoms with Crippen LogP contribution in [0.2, 0.25) is 0 Å². The highest BCUT2D eigenvalue weighted by Gasteiger charge is 2.50. The molecule has 220 valence electrons. The molecule has 1 N–H and O–H groups in total. The summed E-state index contributed by atoms with van der Waals surface area (Å²) in [6, 6.07) is 15.1. The predicted molar refractivity (Wildman–Crippen MR) is 151 cm³/mol. The molecule has 12 heteroatoms. The zero-order valence-corrected chi connectivity index (χ0v) is 23.6. The Morgan fingerprint density at radius 2 is 1.64 bits per heavy atom. The highest BCUT2D eigenvalue weighted by Crippen LogP contribution is 2.48. The van der Waals surface area contributed by atoms with Gasteiger partial charge in [0.2, 0.25) is 11.8 Å². The standard InChI is InChI=1S/C30H30F3N5O3S/c31-21-3-7-23(8-4-21)38-18-26(20-1-5-22(6-2-20)37-13-15-42(40,41)16-14-37)27(36-38)25-17-30(32,33)10-9-24(25)28(39)35-29(19-34)11-12-29/h1-8,18,24-25H,9-17H2,(H,35,39)/t24-,25-/m1/s1. The van der Waals surface area contributed by atoms with E-state index >= 15 is 0 Å². The second-order valence-corrected chi connectivity index (χ2v) is 13.8. The first-order valence-electron chi connectivity index (χ1n) is 14.0. The molecule has 3 fully saturated rings. The van der Waals surface area contributed by atoms with Gasteiger partial charge in [0, 0.05) is 55.2 Å². The minimum absolute atomic E-state index is 0.0509. The van der Waals surface area contributed by atoms with E-state index in [-0.39, 0.29) is 17.9 Å². The summed E-state index contributed by atoms with van der Waals surface area (Å²) >= 11 is 0. The summed E-state index contributed by atoms with van der Waals surface area (Å²) in [6.45, 7) is 0.765. The summed E-state index contributed by atoms with van der Waals surface area (Å²) in [6.07, 6.45) is 1.70. The van der Waals surface area contributed by atoms with Gasteiger partial charge in [-0.3, -0.25) is 4.79 Å². The number of nitriles is 1. The Hall–Kier alpha value is -3.85. The lowest BCUT2D eigenvalue weighted by Gasteiger charge is -2.35. The van der Waals surface area contributed by atoms with Crippen LogP contribution < -0.4 is 10.2 Å². The van der Waals surface area contributed by atoms with Gasteiger partial charge in [-0.15, -0.1) is 0 Å². The highest BCUT2D eigenvalue weighted by atomic mass is 32.2. The zero-order chi connectivity index (χ0) is 29.7. The molecule has 2 aromatic carbocycles. The van der Waals surface area contributed by atoms with E-state index in [1.54, 1.807) is 6.20 Å². The van der Waals surface area contributed by atoms with E-state index in [0.29, 0.717) is 48.4 Å². The topological polar surface area (TPSA) is 108 Å². The lowest BCUT2D eigenvalue weighted by atomic mass is 9.74. The van der Waals surface area contributed by atoms with Gasteiger partial charge in [0.05, 0.1) is 29.0 Å². The van der Waals surface area contributed by atoms with Crippen molar-refractivity contribution in [3.05, 3.63) is 66.2 Å². The van der Waals surface area contributed by atoms with Gasteiger partial charge >= 0.3 is 0 Å². The van der Waals surface area contributed by atoms with Gasteiger partial charge in [-0.2, -0.15) is 10.4 Å². The maximum atomic E-state index is 14.9. The molecule has 0 radical (unpaired) electrons. The van der Waals surface area contributed by atoms with Crippen LogP contribution in [0.15, 0.2) is 54.7 Å². The number of amides is 1. The summed E-state index contributed by atoms with van der Waals surface area (Å²) in [4.78, 5) is 15.4. The van der Waals surface area contributed by atoms with Crippen LogP contribution in [0.3, 0.4) is 0 Å². The van der Waals surface area contributed by atoms with E-state index in [1.807, 2.05) is 29.2 Å². The summed E-state index contributed by atoms with van der Waals surface area (Å²) in [5, 5.41) is 17.0. The molecule has 2 heterocycles. The van der Waals surface area contributed by atoms with Gasteiger partial charge in [-0.25, -0.2) is 26.3 Å². The third kappa shape index (κ3) is 5.75. The first-order valence-corrected chi connectivity index (χ1v) is 15.8. The minimum Gasteiger partial charge on any atom is -0.369 e. The molecule has 2 saturated carbocycles. The molecule has 1 aromatic heterocycles. The molecule has 0 bridgehead atoms. The van der Waals surface area contributed by atoms with Gasteiger partial charge < -0.3 is 10.2 Å². The minimum atomic E-state index is -3.04. The van der Waals surface area contributed by atoms with Crippen molar-refractivity contribution in [1.82, 2.24) is 15.1 Å². The average Bonchev–Trinajstić information content (AvgIpc) is 3.59. The number of halogens is 3. The Morgan fingerprint density at radius 1 is 1.00 bits per heavy atom. The Balaban J connectivity index is 1.38. The Kier molecular flexibility index (Phi) is 7.04. The van der Waals surface area contributed by atoms with Crippen LogP contribution in [-0.4, -0.2) is 60.2 Å². The van der Waals surface area contributed by atoms with Crippen molar-refractivity contribution < 1.29 is 26.4 Å². The van der Waals surface area contributed by atoms with Gasteiger partial charge in [-0.1, -0.05) is 12.1 Å². The molecule has 42 heavy (non-hydrogen) atoms. The number of hydrogen-bond donors (Lipinski definition) is 1. The Labute approximate surface area is 242 Å². The Morgan fingerprint density at radius 3 is 2.26 bits per heavy atom. The first-order chi connectivity index (χ1) is 20.0.